The first-order valence-corrected chi connectivity index (χ1v) is 5.13. The van der Waals surface area contributed by atoms with E-state index in [4.69, 9.17) is 5.73 Å². The van der Waals surface area contributed by atoms with E-state index in [2.05, 4.69) is 4.98 Å². The van der Waals surface area contributed by atoms with Crippen molar-refractivity contribution in [1.29, 1.82) is 0 Å². The highest BCUT2D eigenvalue weighted by molar-refractivity contribution is 5.16. The third kappa shape index (κ3) is 2.02. The lowest BCUT2D eigenvalue weighted by atomic mass is 10.0. The fraction of sp³-hybridized carbons (Fsp3) is 0.700. The van der Waals surface area contributed by atoms with E-state index < -0.39 is 0 Å². The van der Waals surface area contributed by atoms with E-state index in [0.29, 0.717) is 5.95 Å². The second-order valence-electron chi connectivity index (χ2n) is 3.92. The van der Waals surface area contributed by atoms with Crippen LogP contribution in [0.25, 0.3) is 0 Å². The monoisotopic (exact) mass is 179 g/mol. The molecule has 1 saturated carbocycles. The molecule has 13 heavy (non-hydrogen) atoms. The predicted octanol–water partition coefficient (Wildman–Crippen LogP) is 2.05. The number of imidazole rings is 1. The maximum absolute atomic E-state index is 5.68. The summed E-state index contributed by atoms with van der Waals surface area (Å²) in [7, 11) is 0. The van der Waals surface area contributed by atoms with Crippen molar-refractivity contribution in [3.05, 3.63) is 12.4 Å². The van der Waals surface area contributed by atoms with Gasteiger partial charge in [0.25, 0.3) is 0 Å². The third-order valence-electron chi connectivity index (χ3n) is 3.00. The summed E-state index contributed by atoms with van der Waals surface area (Å²) < 4.78 is 2.04. The number of aromatic nitrogens is 2. The van der Waals surface area contributed by atoms with Gasteiger partial charge in [-0.05, 0) is 12.3 Å². The zero-order valence-corrected chi connectivity index (χ0v) is 7.95. The molecule has 1 aliphatic rings. The Hall–Kier alpha value is -0.990. The minimum absolute atomic E-state index is 0.651. The quantitative estimate of drug-likeness (QED) is 0.771. The number of hydrogen-bond donors (Lipinski definition) is 1. The molecule has 1 fully saturated rings. The smallest absolute Gasteiger partial charge is 0.200 e. The summed E-state index contributed by atoms with van der Waals surface area (Å²) in [4.78, 5) is 4.00. The molecule has 1 aromatic heterocycles. The van der Waals surface area contributed by atoms with Gasteiger partial charge in [-0.15, -0.1) is 0 Å². The van der Waals surface area contributed by atoms with Gasteiger partial charge >= 0.3 is 0 Å². The van der Waals surface area contributed by atoms with E-state index in [1.54, 1.807) is 6.20 Å². The molecule has 0 saturated heterocycles. The van der Waals surface area contributed by atoms with Crippen molar-refractivity contribution in [3.8, 4) is 0 Å². The summed E-state index contributed by atoms with van der Waals surface area (Å²) in [6.07, 6.45) is 10.7. The highest BCUT2D eigenvalue weighted by atomic mass is 15.1. The van der Waals surface area contributed by atoms with E-state index in [-0.39, 0.29) is 0 Å². The van der Waals surface area contributed by atoms with Crippen molar-refractivity contribution in [2.45, 2.75) is 38.6 Å². The lowest BCUT2D eigenvalue weighted by Gasteiger charge is -2.09. The SMILES string of the molecule is Nc1nccn1CCC1CCCC1. The summed E-state index contributed by atoms with van der Waals surface area (Å²) >= 11 is 0. The molecular weight excluding hydrogens is 162 g/mol. The Balaban J connectivity index is 1.82. The van der Waals surface area contributed by atoms with Gasteiger partial charge < -0.3 is 10.3 Å². The van der Waals surface area contributed by atoms with Crippen LogP contribution in [-0.2, 0) is 6.54 Å². The van der Waals surface area contributed by atoms with Gasteiger partial charge in [-0.3, -0.25) is 0 Å². The standard InChI is InChI=1S/C10H17N3/c11-10-12-6-8-13(10)7-5-9-3-1-2-4-9/h6,8-9H,1-5,7H2,(H2,11,12). The van der Waals surface area contributed by atoms with Crippen molar-refractivity contribution in [2.24, 2.45) is 5.92 Å². The zero-order valence-electron chi connectivity index (χ0n) is 7.95. The molecule has 0 aliphatic heterocycles. The molecule has 1 aromatic rings. The number of nitrogens with zero attached hydrogens (tertiary/aromatic N) is 2. The number of nitrogens with two attached hydrogens (primary N) is 1. The molecule has 1 heterocycles. The van der Waals surface area contributed by atoms with Crippen LogP contribution in [0.15, 0.2) is 12.4 Å². The van der Waals surface area contributed by atoms with E-state index in [1.807, 2.05) is 10.8 Å². The van der Waals surface area contributed by atoms with Crippen LogP contribution in [0.4, 0.5) is 5.95 Å². The number of hydrogen-bond acceptors (Lipinski definition) is 2. The Labute approximate surface area is 79.0 Å². The van der Waals surface area contributed by atoms with Gasteiger partial charge in [0.05, 0.1) is 0 Å². The highest BCUT2D eigenvalue weighted by Crippen LogP contribution is 2.27. The molecule has 2 rings (SSSR count). The minimum atomic E-state index is 0.651. The molecule has 0 radical (unpaired) electrons. The second-order valence-corrected chi connectivity index (χ2v) is 3.92. The summed E-state index contributed by atoms with van der Waals surface area (Å²) in [5.74, 6) is 1.58. The average molecular weight is 179 g/mol. The molecule has 0 amide bonds. The Kier molecular flexibility index (Phi) is 2.52. The zero-order chi connectivity index (χ0) is 9.10. The topological polar surface area (TPSA) is 43.8 Å². The van der Waals surface area contributed by atoms with Crippen LogP contribution in [0, 0.1) is 5.92 Å². The largest absolute Gasteiger partial charge is 0.369 e. The molecule has 0 spiro atoms. The van der Waals surface area contributed by atoms with Crippen molar-refractivity contribution in [2.75, 3.05) is 5.73 Å². The first-order chi connectivity index (χ1) is 6.36. The fourth-order valence-corrected chi connectivity index (χ4v) is 2.15. The van der Waals surface area contributed by atoms with Crippen LogP contribution >= 0.6 is 0 Å². The van der Waals surface area contributed by atoms with Gasteiger partial charge in [0, 0.05) is 18.9 Å². The van der Waals surface area contributed by atoms with Crippen molar-refractivity contribution in [1.82, 2.24) is 9.55 Å². The molecule has 0 atom stereocenters. The first kappa shape index (κ1) is 8.60. The predicted molar refractivity (Wildman–Crippen MR) is 53.2 cm³/mol. The van der Waals surface area contributed by atoms with Crippen LogP contribution in [0.3, 0.4) is 0 Å². The first-order valence-electron chi connectivity index (χ1n) is 5.13. The molecule has 1 aliphatic carbocycles. The van der Waals surface area contributed by atoms with Crippen molar-refractivity contribution < 1.29 is 0 Å². The Morgan fingerprint density at radius 1 is 1.46 bits per heavy atom. The molecule has 0 unspecified atom stereocenters. The molecular formula is C10H17N3. The second kappa shape index (κ2) is 3.81. The van der Waals surface area contributed by atoms with E-state index in [9.17, 15) is 0 Å². The minimum Gasteiger partial charge on any atom is -0.369 e. The summed E-state index contributed by atoms with van der Waals surface area (Å²) in [6.45, 7) is 1.04. The average Bonchev–Trinajstić information content (AvgIpc) is 2.72. The normalized spacial score (nSPS) is 18.2. The van der Waals surface area contributed by atoms with Gasteiger partial charge in [-0.25, -0.2) is 4.98 Å². The molecule has 72 valence electrons. The lowest BCUT2D eigenvalue weighted by Crippen LogP contribution is -2.05. The van der Waals surface area contributed by atoms with Crippen molar-refractivity contribution >= 4 is 5.95 Å². The summed E-state index contributed by atoms with van der Waals surface area (Å²) in [6, 6.07) is 0. The van der Waals surface area contributed by atoms with Gasteiger partial charge in [0.15, 0.2) is 5.95 Å². The van der Waals surface area contributed by atoms with Crippen molar-refractivity contribution in [3.63, 3.8) is 0 Å². The summed E-state index contributed by atoms with van der Waals surface area (Å²) in [5.41, 5.74) is 5.68. The Morgan fingerprint density at radius 2 is 2.23 bits per heavy atom. The van der Waals surface area contributed by atoms with Crippen LogP contribution in [0.5, 0.6) is 0 Å². The van der Waals surface area contributed by atoms with E-state index in [1.165, 1.54) is 32.1 Å². The van der Waals surface area contributed by atoms with Crippen LogP contribution in [-0.4, -0.2) is 9.55 Å². The number of nitrogen functional groups attached to an aromatic ring is 1. The van der Waals surface area contributed by atoms with E-state index in [0.717, 1.165) is 12.5 Å². The van der Waals surface area contributed by atoms with Crippen LogP contribution in [0.1, 0.15) is 32.1 Å². The molecule has 2 N–H and O–H groups in total. The Bertz CT molecular complexity index is 261. The van der Waals surface area contributed by atoms with Gasteiger partial charge in [0.1, 0.15) is 0 Å². The van der Waals surface area contributed by atoms with E-state index >= 15 is 0 Å². The number of rotatable bonds is 3. The third-order valence-corrected chi connectivity index (χ3v) is 3.00. The fourth-order valence-electron chi connectivity index (χ4n) is 2.15. The number of anilines is 1. The lowest BCUT2D eigenvalue weighted by molar-refractivity contribution is 0.460. The Morgan fingerprint density at radius 3 is 2.85 bits per heavy atom. The maximum Gasteiger partial charge on any atom is 0.200 e. The van der Waals surface area contributed by atoms with Gasteiger partial charge in [0.2, 0.25) is 0 Å². The highest BCUT2D eigenvalue weighted by Gasteiger charge is 2.14. The van der Waals surface area contributed by atoms with Gasteiger partial charge in [-0.2, -0.15) is 0 Å². The molecule has 0 bridgehead atoms. The summed E-state index contributed by atoms with van der Waals surface area (Å²) in [5, 5.41) is 0. The maximum atomic E-state index is 5.68. The molecule has 3 heteroatoms. The van der Waals surface area contributed by atoms with Crippen LogP contribution in [0.2, 0.25) is 0 Å². The van der Waals surface area contributed by atoms with Crippen LogP contribution < -0.4 is 5.73 Å². The number of aryl methyl sites for hydroxylation is 1. The van der Waals surface area contributed by atoms with Gasteiger partial charge in [-0.1, -0.05) is 25.7 Å². The molecule has 3 nitrogen and oxygen atoms in total. The molecule has 0 aromatic carbocycles.